The van der Waals surface area contributed by atoms with E-state index in [1.54, 1.807) is 16.0 Å². The highest BCUT2D eigenvalue weighted by molar-refractivity contribution is 7.08. The van der Waals surface area contributed by atoms with E-state index >= 15 is 0 Å². The monoisotopic (exact) mass is 222 g/mol. The van der Waals surface area contributed by atoms with E-state index in [-0.39, 0.29) is 0 Å². The number of rotatable bonds is 4. The fourth-order valence-electron chi connectivity index (χ4n) is 1.37. The molecule has 0 fully saturated rings. The number of aryl methyl sites for hydroxylation is 2. The molecule has 0 radical (unpaired) electrons. The van der Waals surface area contributed by atoms with E-state index in [0.717, 1.165) is 18.8 Å². The predicted molar refractivity (Wildman–Crippen MR) is 60.6 cm³/mol. The molecule has 0 bridgehead atoms. The lowest BCUT2D eigenvalue weighted by Gasteiger charge is -2.01. The van der Waals surface area contributed by atoms with Crippen LogP contribution in [0, 0.1) is 6.92 Å². The van der Waals surface area contributed by atoms with Gasteiger partial charge in [0.15, 0.2) is 0 Å². The van der Waals surface area contributed by atoms with Crippen molar-refractivity contribution in [2.45, 2.75) is 20.0 Å². The highest BCUT2D eigenvalue weighted by Crippen LogP contribution is 2.12. The molecule has 0 spiro atoms. The summed E-state index contributed by atoms with van der Waals surface area (Å²) in [4.78, 5) is 0. The van der Waals surface area contributed by atoms with Gasteiger partial charge in [-0.1, -0.05) is 5.21 Å². The summed E-state index contributed by atoms with van der Waals surface area (Å²) in [6.07, 6.45) is 1.92. The van der Waals surface area contributed by atoms with Crippen LogP contribution in [0.25, 0.3) is 0 Å². The minimum absolute atomic E-state index is 0.767. The number of nitrogens with zero attached hydrogens (tertiary/aromatic N) is 3. The summed E-state index contributed by atoms with van der Waals surface area (Å²) in [6.45, 7) is 3.80. The van der Waals surface area contributed by atoms with Gasteiger partial charge in [-0.25, -0.2) is 0 Å². The van der Waals surface area contributed by atoms with Gasteiger partial charge in [0.25, 0.3) is 0 Å². The third-order valence-electron chi connectivity index (χ3n) is 2.23. The highest BCUT2D eigenvalue weighted by Gasteiger charge is 2.00. The van der Waals surface area contributed by atoms with Crippen LogP contribution in [0.5, 0.6) is 0 Å². The fourth-order valence-corrected chi connectivity index (χ4v) is 2.23. The number of hydrogen-bond acceptors (Lipinski definition) is 4. The molecule has 4 nitrogen and oxygen atoms in total. The highest BCUT2D eigenvalue weighted by atomic mass is 32.1. The molecule has 1 N–H and O–H groups in total. The van der Waals surface area contributed by atoms with E-state index in [1.165, 1.54) is 11.1 Å². The second-order valence-electron chi connectivity index (χ2n) is 3.57. The lowest BCUT2D eigenvalue weighted by molar-refractivity contribution is 0.673. The molecule has 0 aliphatic carbocycles. The molecule has 80 valence electrons. The Balaban J connectivity index is 1.83. The van der Waals surface area contributed by atoms with Crippen molar-refractivity contribution in [1.29, 1.82) is 0 Å². The van der Waals surface area contributed by atoms with Crippen molar-refractivity contribution >= 4 is 11.3 Å². The molecule has 0 aliphatic rings. The molecule has 2 heterocycles. The third-order valence-corrected chi connectivity index (χ3v) is 3.14. The molecule has 0 atom stereocenters. The Hall–Kier alpha value is -1.20. The first-order chi connectivity index (χ1) is 7.25. The van der Waals surface area contributed by atoms with E-state index < -0.39 is 0 Å². The zero-order chi connectivity index (χ0) is 10.7. The molecule has 0 aliphatic heterocycles. The number of thiophene rings is 1. The molecule has 15 heavy (non-hydrogen) atoms. The Labute approximate surface area is 92.9 Å². The zero-order valence-corrected chi connectivity index (χ0v) is 9.71. The summed E-state index contributed by atoms with van der Waals surface area (Å²) in [5, 5.41) is 15.6. The number of hydrogen-bond donors (Lipinski definition) is 1. The lowest BCUT2D eigenvalue weighted by atomic mass is 10.2. The standard InChI is InChI=1S/C10H14N4S/c1-8-6-15-7-9(8)3-11-4-10-5-14(2)13-12-10/h5-7,11H,3-4H2,1-2H3. The third kappa shape index (κ3) is 2.64. The summed E-state index contributed by atoms with van der Waals surface area (Å²) in [5.41, 5.74) is 3.70. The van der Waals surface area contributed by atoms with Gasteiger partial charge in [0, 0.05) is 26.3 Å². The molecule has 2 aromatic heterocycles. The first kappa shape index (κ1) is 10.3. The van der Waals surface area contributed by atoms with Crippen molar-refractivity contribution in [1.82, 2.24) is 20.3 Å². The topological polar surface area (TPSA) is 42.7 Å². The van der Waals surface area contributed by atoms with E-state index in [2.05, 4.69) is 33.3 Å². The second kappa shape index (κ2) is 4.55. The normalized spacial score (nSPS) is 10.8. The SMILES string of the molecule is Cc1cscc1CNCc1cn(C)nn1. The molecule has 0 saturated heterocycles. The summed E-state index contributed by atoms with van der Waals surface area (Å²) < 4.78 is 1.72. The van der Waals surface area contributed by atoms with Gasteiger partial charge in [0.1, 0.15) is 0 Å². The Kier molecular flexibility index (Phi) is 3.13. The van der Waals surface area contributed by atoms with Crippen LogP contribution in [0.3, 0.4) is 0 Å². The average Bonchev–Trinajstić information content (AvgIpc) is 2.77. The molecule has 0 amide bonds. The van der Waals surface area contributed by atoms with Crippen molar-refractivity contribution in [2.75, 3.05) is 0 Å². The zero-order valence-electron chi connectivity index (χ0n) is 8.90. The van der Waals surface area contributed by atoms with Crippen LogP contribution >= 0.6 is 11.3 Å². The smallest absolute Gasteiger partial charge is 0.0964 e. The summed E-state index contributed by atoms with van der Waals surface area (Å²) in [5.74, 6) is 0. The average molecular weight is 222 g/mol. The van der Waals surface area contributed by atoms with Crippen LogP contribution in [0.1, 0.15) is 16.8 Å². The van der Waals surface area contributed by atoms with Crippen LogP contribution in [0.2, 0.25) is 0 Å². The van der Waals surface area contributed by atoms with Gasteiger partial charge in [-0.3, -0.25) is 4.68 Å². The summed E-state index contributed by atoms with van der Waals surface area (Å²) in [7, 11) is 1.87. The summed E-state index contributed by atoms with van der Waals surface area (Å²) in [6, 6.07) is 0. The molecule has 0 saturated carbocycles. The van der Waals surface area contributed by atoms with E-state index in [4.69, 9.17) is 0 Å². The van der Waals surface area contributed by atoms with Gasteiger partial charge in [-0.2, -0.15) is 11.3 Å². The van der Waals surface area contributed by atoms with Crippen molar-refractivity contribution in [2.24, 2.45) is 7.05 Å². The maximum absolute atomic E-state index is 4.01. The molecule has 2 rings (SSSR count). The van der Waals surface area contributed by atoms with Crippen LogP contribution < -0.4 is 5.32 Å². The van der Waals surface area contributed by atoms with E-state index in [9.17, 15) is 0 Å². The summed E-state index contributed by atoms with van der Waals surface area (Å²) >= 11 is 1.74. The van der Waals surface area contributed by atoms with Crippen molar-refractivity contribution in [3.63, 3.8) is 0 Å². The Morgan fingerprint density at radius 3 is 2.87 bits per heavy atom. The van der Waals surface area contributed by atoms with Gasteiger partial charge in [0.2, 0.25) is 0 Å². The second-order valence-corrected chi connectivity index (χ2v) is 4.31. The van der Waals surface area contributed by atoms with Crippen molar-refractivity contribution in [3.8, 4) is 0 Å². The molecule has 0 aromatic carbocycles. The molecular weight excluding hydrogens is 208 g/mol. The molecule has 5 heteroatoms. The quantitative estimate of drug-likeness (QED) is 0.852. The Bertz CT molecular complexity index is 432. The van der Waals surface area contributed by atoms with Gasteiger partial charge >= 0.3 is 0 Å². The Morgan fingerprint density at radius 2 is 2.27 bits per heavy atom. The van der Waals surface area contributed by atoms with Gasteiger partial charge < -0.3 is 5.32 Å². The van der Waals surface area contributed by atoms with Crippen LogP contribution in [0.15, 0.2) is 17.0 Å². The molecule has 0 unspecified atom stereocenters. The van der Waals surface area contributed by atoms with Crippen LogP contribution in [-0.4, -0.2) is 15.0 Å². The van der Waals surface area contributed by atoms with Gasteiger partial charge in [-0.05, 0) is 28.8 Å². The predicted octanol–water partition coefficient (Wildman–Crippen LogP) is 1.47. The maximum atomic E-state index is 4.01. The number of aromatic nitrogens is 3. The first-order valence-electron chi connectivity index (χ1n) is 4.83. The molecular formula is C10H14N4S. The molecule has 2 aromatic rings. The van der Waals surface area contributed by atoms with E-state index in [0.29, 0.717) is 0 Å². The van der Waals surface area contributed by atoms with E-state index in [1.807, 2.05) is 13.2 Å². The van der Waals surface area contributed by atoms with Gasteiger partial charge in [0.05, 0.1) is 5.69 Å². The van der Waals surface area contributed by atoms with Gasteiger partial charge in [-0.15, -0.1) is 5.10 Å². The van der Waals surface area contributed by atoms with Crippen LogP contribution in [-0.2, 0) is 20.1 Å². The minimum Gasteiger partial charge on any atom is -0.307 e. The maximum Gasteiger partial charge on any atom is 0.0964 e. The van der Waals surface area contributed by atoms with Crippen LogP contribution in [0.4, 0.5) is 0 Å². The number of nitrogens with one attached hydrogen (secondary N) is 1. The lowest BCUT2D eigenvalue weighted by Crippen LogP contribution is -2.13. The van der Waals surface area contributed by atoms with Crippen molar-refractivity contribution < 1.29 is 0 Å². The first-order valence-corrected chi connectivity index (χ1v) is 5.77. The minimum atomic E-state index is 0.767. The Morgan fingerprint density at radius 1 is 1.40 bits per heavy atom. The van der Waals surface area contributed by atoms with Crippen molar-refractivity contribution in [3.05, 3.63) is 33.8 Å². The largest absolute Gasteiger partial charge is 0.307 e. The fraction of sp³-hybridized carbons (Fsp3) is 0.400.